The summed E-state index contributed by atoms with van der Waals surface area (Å²) in [6.45, 7) is 4.92. The Morgan fingerprint density at radius 2 is 1.65 bits per heavy atom. The summed E-state index contributed by atoms with van der Waals surface area (Å²) in [5.41, 5.74) is 0.566. The van der Waals surface area contributed by atoms with Crippen LogP contribution in [0.25, 0.3) is 0 Å². The average molecular weight is 496 g/mol. The second kappa shape index (κ2) is 11.9. The van der Waals surface area contributed by atoms with Gasteiger partial charge in [0.05, 0.1) is 11.9 Å². The number of rotatable bonds is 11. The quantitative estimate of drug-likeness (QED) is 0.517. The second-order valence-corrected chi connectivity index (χ2v) is 10.0. The molecule has 0 saturated carbocycles. The normalized spacial score (nSPS) is 13.1. The van der Waals surface area contributed by atoms with Crippen LogP contribution in [0.3, 0.4) is 0 Å². The summed E-state index contributed by atoms with van der Waals surface area (Å²) < 4.78 is 52.8. The maximum Gasteiger partial charge on any atom is 0.244 e. The van der Waals surface area contributed by atoms with Gasteiger partial charge in [-0.05, 0) is 37.5 Å². The molecule has 34 heavy (non-hydrogen) atoms. The number of carbonyl (C=O) groups excluding carboxylic acids is 2. The van der Waals surface area contributed by atoms with Gasteiger partial charge in [-0.2, -0.15) is 0 Å². The van der Waals surface area contributed by atoms with Crippen LogP contribution in [0.4, 0.5) is 14.5 Å². The Kier molecular flexibility index (Phi) is 9.55. The first kappa shape index (κ1) is 27.2. The van der Waals surface area contributed by atoms with Crippen LogP contribution in [0.5, 0.6) is 0 Å². The molecule has 2 rings (SSSR count). The number of amides is 2. The molecule has 0 aliphatic rings. The van der Waals surface area contributed by atoms with E-state index in [2.05, 4.69) is 5.32 Å². The molecule has 0 aliphatic carbocycles. The summed E-state index contributed by atoms with van der Waals surface area (Å²) in [6, 6.07) is 10.6. The predicted octanol–water partition coefficient (Wildman–Crippen LogP) is 3.45. The van der Waals surface area contributed by atoms with E-state index in [-0.39, 0.29) is 24.2 Å². The maximum atomic E-state index is 13.8. The zero-order valence-corrected chi connectivity index (χ0v) is 20.6. The molecule has 2 amide bonds. The van der Waals surface area contributed by atoms with Crippen LogP contribution in [-0.4, -0.2) is 50.0 Å². The third-order valence-electron chi connectivity index (χ3n) is 5.45. The molecule has 2 aromatic carbocycles. The maximum absolute atomic E-state index is 13.8. The molecule has 0 aromatic heterocycles. The van der Waals surface area contributed by atoms with Crippen LogP contribution in [-0.2, 0) is 26.2 Å². The molecule has 2 atom stereocenters. The molecule has 2 aromatic rings. The summed E-state index contributed by atoms with van der Waals surface area (Å²) in [5, 5.41) is 2.87. The Balaban J connectivity index is 2.43. The van der Waals surface area contributed by atoms with Crippen molar-refractivity contribution in [3.8, 4) is 0 Å². The van der Waals surface area contributed by atoms with Gasteiger partial charge in [0.25, 0.3) is 0 Å². The predicted molar refractivity (Wildman–Crippen MR) is 128 cm³/mol. The molecule has 2 unspecified atom stereocenters. The van der Waals surface area contributed by atoms with Gasteiger partial charge in [-0.3, -0.25) is 13.9 Å². The Bertz CT molecular complexity index is 1100. The minimum atomic E-state index is -4.03. The highest BCUT2D eigenvalue weighted by Gasteiger charge is 2.32. The monoisotopic (exact) mass is 495 g/mol. The van der Waals surface area contributed by atoms with Gasteiger partial charge in [0.2, 0.25) is 21.8 Å². The Hall–Kier alpha value is -3.01. The molecule has 0 radical (unpaired) electrons. The minimum Gasteiger partial charge on any atom is -0.352 e. The molecule has 0 spiro atoms. The fourth-order valence-corrected chi connectivity index (χ4v) is 4.24. The number of halogens is 2. The highest BCUT2D eigenvalue weighted by atomic mass is 32.2. The minimum absolute atomic E-state index is 0.0709. The first-order valence-electron chi connectivity index (χ1n) is 11.0. The summed E-state index contributed by atoms with van der Waals surface area (Å²) in [5.74, 6) is -3.37. The fraction of sp³-hybridized carbons (Fsp3) is 0.417. The van der Waals surface area contributed by atoms with Crippen molar-refractivity contribution in [2.45, 2.75) is 52.2 Å². The van der Waals surface area contributed by atoms with Gasteiger partial charge in [0.15, 0.2) is 11.6 Å². The van der Waals surface area contributed by atoms with Crippen molar-refractivity contribution < 1.29 is 26.8 Å². The van der Waals surface area contributed by atoms with Crippen LogP contribution < -0.4 is 9.62 Å². The summed E-state index contributed by atoms with van der Waals surface area (Å²) in [4.78, 5) is 27.8. The van der Waals surface area contributed by atoms with Crippen molar-refractivity contribution in [3.63, 3.8) is 0 Å². The summed E-state index contributed by atoms with van der Waals surface area (Å²) in [7, 11) is -4.03. The molecule has 7 nitrogen and oxygen atoms in total. The lowest BCUT2D eigenvalue weighted by atomic mass is 10.1. The molecule has 10 heteroatoms. The van der Waals surface area contributed by atoms with E-state index in [0.29, 0.717) is 17.1 Å². The number of hydrogen-bond acceptors (Lipinski definition) is 4. The van der Waals surface area contributed by atoms with Gasteiger partial charge in [-0.25, -0.2) is 17.2 Å². The summed E-state index contributed by atoms with van der Waals surface area (Å²) >= 11 is 0. The van der Waals surface area contributed by atoms with Gasteiger partial charge in [-0.15, -0.1) is 0 Å². The zero-order valence-electron chi connectivity index (χ0n) is 19.8. The van der Waals surface area contributed by atoms with Crippen molar-refractivity contribution in [2.24, 2.45) is 0 Å². The molecule has 0 fully saturated rings. The Morgan fingerprint density at radius 1 is 1.00 bits per heavy atom. The molecule has 0 saturated heterocycles. The van der Waals surface area contributed by atoms with Gasteiger partial charge in [0, 0.05) is 18.7 Å². The number of hydrogen-bond donors (Lipinski definition) is 1. The smallest absolute Gasteiger partial charge is 0.244 e. The third kappa shape index (κ3) is 7.24. The lowest BCUT2D eigenvalue weighted by molar-refractivity contribution is -0.140. The van der Waals surface area contributed by atoms with Crippen LogP contribution in [0.15, 0.2) is 48.5 Å². The summed E-state index contributed by atoms with van der Waals surface area (Å²) in [6.07, 6.45) is 1.87. The van der Waals surface area contributed by atoms with E-state index in [1.807, 2.05) is 19.9 Å². The molecule has 0 bridgehead atoms. The van der Waals surface area contributed by atoms with Crippen molar-refractivity contribution in [2.75, 3.05) is 17.1 Å². The second-order valence-electron chi connectivity index (χ2n) is 8.12. The lowest BCUT2D eigenvalue weighted by Crippen LogP contribution is -2.53. The van der Waals surface area contributed by atoms with Crippen LogP contribution in [0, 0.1) is 11.6 Å². The number of benzene rings is 2. The highest BCUT2D eigenvalue weighted by molar-refractivity contribution is 7.92. The first-order chi connectivity index (χ1) is 16.0. The van der Waals surface area contributed by atoms with Gasteiger partial charge in [0.1, 0.15) is 12.6 Å². The van der Waals surface area contributed by atoms with Gasteiger partial charge < -0.3 is 10.2 Å². The Labute approximate surface area is 199 Å². The molecule has 0 aliphatic heterocycles. The van der Waals surface area contributed by atoms with Crippen molar-refractivity contribution in [3.05, 3.63) is 65.7 Å². The standard InChI is InChI=1S/C24H31F2N3O4S/c1-5-17(3)27-24(31)22(6-2)28(15-18-10-8-7-9-11-18)23(30)16-29(34(4,32)33)19-12-13-20(25)21(26)14-19/h7-14,17,22H,5-6,15-16H2,1-4H3,(H,27,31). The van der Waals surface area contributed by atoms with Crippen molar-refractivity contribution in [1.82, 2.24) is 10.2 Å². The van der Waals surface area contributed by atoms with Crippen molar-refractivity contribution >= 4 is 27.5 Å². The van der Waals surface area contributed by atoms with E-state index < -0.39 is 40.2 Å². The first-order valence-corrected chi connectivity index (χ1v) is 12.9. The molecule has 1 N–H and O–H groups in total. The number of nitrogens with zero attached hydrogens (tertiary/aromatic N) is 2. The van der Waals surface area contributed by atoms with Crippen LogP contribution in [0.2, 0.25) is 0 Å². The van der Waals surface area contributed by atoms with E-state index in [9.17, 15) is 26.8 Å². The van der Waals surface area contributed by atoms with Gasteiger partial charge >= 0.3 is 0 Å². The Morgan fingerprint density at radius 3 is 2.18 bits per heavy atom. The highest BCUT2D eigenvalue weighted by Crippen LogP contribution is 2.22. The molecular formula is C24H31F2N3O4S. The van der Waals surface area contributed by atoms with Gasteiger partial charge in [-0.1, -0.05) is 44.2 Å². The van der Waals surface area contributed by atoms with Crippen LogP contribution in [0.1, 0.15) is 39.2 Å². The lowest BCUT2D eigenvalue weighted by Gasteiger charge is -2.33. The van der Waals surface area contributed by atoms with E-state index in [0.717, 1.165) is 30.0 Å². The van der Waals surface area contributed by atoms with E-state index in [4.69, 9.17) is 0 Å². The van der Waals surface area contributed by atoms with E-state index in [1.165, 1.54) is 4.90 Å². The van der Waals surface area contributed by atoms with Crippen molar-refractivity contribution in [1.29, 1.82) is 0 Å². The molecular weight excluding hydrogens is 464 g/mol. The zero-order chi connectivity index (χ0) is 25.5. The fourth-order valence-electron chi connectivity index (χ4n) is 3.39. The van der Waals surface area contributed by atoms with E-state index in [1.54, 1.807) is 31.2 Å². The average Bonchev–Trinajstić information content (AvgIpc) is 2.78. The number of nitrogens with one attached hydrogen (secondary N) is 1. The SMILES string of the molecule is CCC(C)NC(=O)C(CC)N(Cc1ccccc1)C(=O)CN(c1ccc(F)c(F)c1)S(C)(=O)=O. The topological polar surface area (TPSA) is 86.8 Å². The molecule has 186 valence electrons. The van der Waals surface area contributed by atoms with Crippen LogP contribution >= 0.6 is 0 Å². The number of carbonyl (C=O) groups is 2. The number of sulfonamides is 1. The number of anilines is 1. The third-order valence-corrected chi connectivity index (χ3v) is 6.59. The van der Waals surface area contributed by atoms with E-state index >= 15 is 0 Å². The molecule has 0 heterocycles. The largest absolute Gasteiger partial charge is 0.352 e.